The summed E-state index contributed by atoms with van der Waals surface area (Å²) in [6.45, 7) is 5.88. The van der Waals surface area contributed by atoms with Crippen LogP contribution in [0.5, 0.6) is 0 Å². The van der Waals surface area contributed by atoms with E-state index in [2.05, 4.69) is 19.2 Å². The van der Waals surface area contributed by atoms with Crippen molar-refractivity contribution in [2.24, 2.45) is 0 Å². The smallest absolute Gasteiger partial charge is 0.170 e. The van der Waals surface area contributed by atoms with Crippen LogP contribution in [-0.2, 0) is 13.0 Å². The van der Waals surface area contributed by atoms with Crippen molar-refractivity contribution in [3.05, 3.63) is 35.3 Å². The topological polar surface area (TPSA) is 25.2 Å². The highest BCUT2D eigenvalue weighted by atomic mass is 19.1. The van der Waals surface area contributed by atoms with Crippen LogP contribution in [0.15, 0.2) is 22.6 Å². The third-order valence-electron chi connectivity index (χ3n) is 3.07. The van der Waals surface area contributed by atoms with Crippen molar-refractivity contribution in [2.75, 3.05) is 6.54 Å². The zero-order valence-corrected chi connectivity index (χ0v) is 11.1. The van der Waals surface area contributed by atoms with Crippen LogP contribution in [0.4, 0.5) is 4.39 Å². The second-order valence-corrected chi connectivity index (χ2v) is 4.55. The molecule has 0 aliphatic rings. The highest BCUT2D eigenvalue weighted by molar-refractivity contribution is 5.82. The van der Waals surface area contributed by atoms with Gasteiger partial charge in [0.05, 0.1) is 6.54 Å². The molecule has 1 N–H and O–H groups in total. The van der Waals surface area contributed by atoms with Gasteiger partial charge in [-0.3, -0.25) is 0 Å². The summed E-state index contributed by atoms with van der Waals surface area (Å²) in [5.74, 6) is 0.608. The number of fused-ring (bicyclic) bond motifs is 1. The summed E-state index contributed by atoms with van der Waals surface area (Å²) >= 11 is 0. The van der Waals surface area contributed by atoms with Gasteiger partial charge in [-0.05, 0) is 25.5 Å². The maximum absolute atomic E-state index is 13.7. The summed E-state index contributed by atoms with van der Waals surface area (Å²) in [7, 11) is 0. The molecular formula is C15H20FNO. The number of rotatable bonds is 6. The largest absolute Gasteiger partial charge is 0.456 e. The molecule has 1 heterocycles. The van der Waals surface area contributed by atoms with Gasteiger partial charge in [-0.25, -0.2) is 4.39 Å². The van der Waals surface area contributed by atoms with Gasteiger partial charge in [0, 0.05) is 10.9 Å². The summed E-state index contributed by atoms with van der Waals surface area (Å²) in [5.41, 5.74) is 1.55. The Bertz CT molecular complexity index is 518. The third-order valence-corrected chi connectivity index (χ3v) is 3.07. The predicted molar refractivity (Wildman–Crippen MR) is 72.2 cm³/mol. The predicted octanol–water partition coefficient (Wildman–Crippen LogP) is 4.02. The molecule has 0 aliphatic heterocycles. The number of hydrogen-bond donors (Lipinski definition) is 1. The second-order valence-electron chi connectivity index (χ2n) is 4.55. The highest BCUT2D eigenvalue weighted by Crippen LogP contribution is 2.29. The minimum absolute atomic E-state index is 0.272. The van der Waals surface area contributed by atoms with Gasteiger partial charge in [-0.2, -0.15) is 0 Å². The van der Waals surface area contributed by atoms with Gasteiger partial charge in [0.15, 0.2) is 11.4 Å². The molecule has 0 amide bonds. The highest BCUT2D eigenvalue weighted by Gasteiger charge is 2.15. The Hall–Kier alpha value is -1.35. The van der Waals surface area contributed by atoms with Crippen LogP contribution in [0.3, 0.4) is 0 Å². The third kappa shape index (κ3) is 2.56. The lowest BCUT2D eigenvalue weighted by Gasteiger charge is -2.03. The summed E-state index contributed by atoms with van der Waals surface area (Å²) in [6.07, 6.45) is 3.04. The van der Waals surface area contributed by atoms with Crippen LogP contribution >= 0.6 is 0 Å². The number of aryl methyl sites for hydroxylation is 1. The van der Waals surface area contributed by atoms with Crippen molar-refractivity contribution in [1.82, 2.24) is 5.32 Å². The van der Waals surface area contributed by atoms with Crippen LogP contribution in [0, 0.1) is 5.82 Å². The van der Waals surface area contributed by atoms with Gasteiger partial charge >= 0.3 is 0 Å². The molecule has 0 atom stereocenters. The van der Waals surface area contributed by atoms with Gasteiger partial charge in [-0.15, -0.1) is 0 Å². The van der Waals surface area contributed by atoms with Crippen molar-refractivity contribution >= 4 is 11.0 Å². The molecule has 0 spiro atoms. The van der Waals surface area contributed by atoms with Crippen LogP contribution in [0.1, 0.15) is 38.0 Å². The van der Waals surface area contributed by atoms with E-state index in [4.69, 9.17) is 4.42 Å². The lowest BCUT2D eigenvalue weighted by atomic mass is 10.1. The summed E-state index contributed by atoms with van der Waals surface area (Å²) < 4.78 is 19.4. The fourth-order valence-electron chi connectivity index (χ4n) is 2.23. The first-order chi connectivity index (χ1) is 8.77. The van der Waals surface area contributed by atoms with Crippen LogP contribution in [0.25, 0.3) is 11.0 Å². The average molecular weight is 249 g/mol. The molecule has 0 bridgehead atoms. The van der Waals surface area contributed by atoms with Crippen LogP contribution < -0.4 is 5.32 Å². The number of benzene rings is 1. The number of halogens is 1. The number of hydrogen-bond acceptors (Lipinski definition) is 2. The van der Waals surface area contributed by atoms with E-state index in [0.29, 0.717) is 12.1 Å². The molecule has 1 aromatic heterocycles. The Labute approximate surface area is 107 Å². The number of para-hydroxylation sites is 1. The molecule has 2 rings (SSSR count). The maximum Gasteiger partial charge on any atom is 0.170 e. The fraction of sp³-hybridized carbons (Fsp3) is 0.467. The van der Waals surface area contributed by atoms with Gasteiger partial charge in [-0.1, -0.05) is 32.4 Å². The Morgan fingerprint density at radius 1 is 1.22 bits per heavy atom. The summed E-state index contributed by atoms with van der Waals surface area (Å²) in [4.78, 5) is 0. The molecule has 3 heteroatoms. The first-order valence-electron chi connectivity index (χ1n) is 6.67. The fourth-order valence-corrected chi connectivity index (χ4v) is 2.23. The van der Waals surface area contributed by atoms with Gasteiger partial charge in [0.1, 0.15) is 5.76 Å². The van der Waals surface area contributed by atoms with E-state index < -0.39 is 0 Å². The molecule has 18 heavy (non-hydrogen) atoms. The Kier molecular flexibility index (Phi) is 4.37. The maximum atomic E-state index is 13.7. The normalized spacial score (nSPS) is 11.3. The molecule has 2 nitrogen and oxygen atoms in total. The lowest BCUT2D eigenvalue weighted by molar-refractivity contribution is 0.490. The van der Waals surface area contributed by atoms with E-state index in [1.54, 1.807) is 6.07 Å². The molecule has 0 saturated carbocycles. The van der Waals surface area contributed by atoms with E-state index in [9.17, 15) is 4.39 Å². The van der Waals surface area contributed by atoms with Crippen molar-refractivity contribution in [3.8, 4) is 0 Å². The van der Waals surface area contributed by atoms with Gasteiger partial charge < -0.3 is 9.73 Å². The molecule has 0 radical (unpaired) electrons. The molecule has 0 fully saturated rings. The molecule has 0 unspecified atom stereocenters. The Balaban J connectivity index is 2.37. The van der Waals surface area contributed by atoms with E-state index in [-0.39, 0.29) is 5.82 Å². The van der Waals surface area contributed by atoms with Crippen molar-refractivity contribution < 1.29 is 8.81 Å². The van der Waals surface area contributed by atoms with Crippen molar-refractivity contribution in [1.29, 1.82) is 0 Å². The first kappa shape index (κ1) is 13.1. The van der Waals surface area contributed by atoms with Gasteiger partial charge in [0.2, 0.25) is 0 Å². The molecule has 0 aliphatic carbocycles. The van der Waals surface area contributed by atoms with Crippen molar-refractivity contribution in [3.63, 3.8) is 0 Å². The standard InChI is InChI=1S/C15H20FNO/c1-3-6-11-12-7-5-8-13(16)15(12)18-14(11)10-17-9-4-2/h5,7-8,17H,3-4,6,9-10H2,1-2H3. The summed E-state index contributed by atoms with van der Waals surface area (Å²) in [6, 6.07) is 5.14. The Morgan fingerprint density at radius 2 is 2.06 bits per heavy atom. The average Bonchev–Trinajstić information content (AvgIpc) is 2.71. The molecule has 98 valence electrons. The first-order valence-corrected chi connectivity index (χ1v) is 6.67. The molecule has 2 aromatic rings. The molecular weight excluding hydrogens is 229 g/mol. The number of nitrogens with one attached hydrogen (secondary N) is 1. The second kappa shape index (κ2) is 6.01. The van der Waals surface area contributed by atoms with Crippen LogP contribution in [-0.4, -0.2) is 6.54 Å². The zero-order chi connectivity index (χ0) is 13.0. The van der Waals surface area contributed by atoms with Crippen LogP contribution in [0.2, 0.25) is 0 Å². The zero-order valence-electron chi connectivity index (χ0n) is 11.1. The van der Waals surface area contributed by atoms with Crippen molar-refractivity contribution in [2.45, 2.75) is 39.7 Å². The van der Waals surface area contributed by atoms with E-state index in [0.717, 1.165) is 42.5 Å². The monoisotopic (exact) mass is 249 g/mol. The minimum atomic E-state index is -0.272. The SMILES string of the molecule is CCCNCc1oc2c(F)cccc2c1CCC. The Morgan fingerprint density at radius 3 is 2.78 bits per heavy atom. The summed E-state index contributed by atoms with van der Waals surface area (Å²) in [5, 5.41) is 4.24. The number of furan rings is 1. The molecule has 1 aromatic carbocycles. The lowest BCUT2D eigenvalue weighted by Crippen LogP contribution is -2.14. The van der Waals surface area contributed by atoms with E-state index >= 15 is 0 Å². The van der Waals surface area contributed by atoms with Gasteiger partial charge in [0.25, 0.3) is 0 Å². The van der Waals surface area contributed by atoms with E-state index in [1.807, 2.05) is 6.07 Å². The quantitative estimate of drug-likeness (QED) is 0.782. The van der Waals surface area contributed by atoms with E-state index in [1.165, 1.54) is 6.07 Å². The molecule has 0 saturated heterocycles. The minimum Gasteiger partial charge on any atom is -0.456 e.